The van der Waals surface area contributed by atoms with Gasteiger partial charge in [0.15, 0.2) is 5.11 Å². The maximum absolute atomic E-state index is 5.32. The molecule has 0 amide bonds. The molecular weight excluding hydrogens is 252 g/mol. The minimum Gasteiger partial charge on any atom is -0.356 e. The summed E-state index contributed by atoms with van der Waals surface area (Å²) < 4.78 is 0. The van der Waals surface area contributed by atoms with E-state index in [1.54, 1.807) is 0 Å². The zero-order chi connectivity index (χ0) is 13.7. The highest BCUT2D eigenvalue weighted by molar-refractivity contribution is 7.80. The minimum atomic E-state index is 0.185. The number of thiocarbonyl (C=S) groups is 1. The van der Waals surface area contributed by atoms with Crippen LogP contribution >= 0.6 is 12.2 Å². The molecule has 19 heavy (non-hydrogen) atoms. The Bertz CT molecular complexity index is 534. The predicted octanol–water partition coefficient (Wildman–Crippen LogP) is 4.04. The Morgan fingerprint density at radius 2 is 1.63 bits per heavy atom. The molecule has 0 unspecified atom stereocenters. The average Bonchev–Trinajstić information content (AvgIpc) is 2.40. The van der Waals surface area contributed by atoms with Crippen molar-refractivity contribution >= 4 is 23.0 Å². The second-order valence-corrected chi connectivity index (χ2v) is 5.01. The first kappa shape index (κ1) is 13.6. The highest BCUT2D eigenvalue weighted by Crippen LogP contribution is 2.13. The third-order valence-electron chi connectivity index (χ3n) is 2.96. The molecule has 98 valence electrons. The number of hydrogen-bond donors (Lipinski definition) is 2. The molecule has 0 fully saturated rings. The summed E-state index contributed by atoms with van der Waals surface area (Å²) in [4.78, 5) is 0. The molecule has 0 aromatic heterocycles. The quantitative estimate of drug-likeness (QED) is 0.823. The van der Waals surface area contributed by atoms with Crippen molar-refractivity contribution in [2.75, 3.05) is 5.32 Å². The first-order valence-electron chi connectivity index (χ1n) is 6.34. The largest absolute Gasteiger partial charge is 0.356 e. The molecule has 2 rings (SSSR count). The van der Waals surface area contributed by atoms with Crippen LogP contribution < -0.4 is 10.6 Å². The van der Waals surface area contributed by atoms with E-state index >= 15 is 0 Å². The van der Waals surface area contributed by atoms with Crippen LogP contribution in [-0.2, 0) is 0 Å². The van der Waals surface area contributed by atoms with Crippen LogP contribution in [0.1, 0.15) is 24.1 Å². The summed E-state index contributed by atoms with van der Waals surface area (Å²) in [5.41, 5.74) is 3.49. The molecule has 0 heterocycles. The van der Waals surface area contributed by atoms with Crippen molar-refractivity contribution in [3.05, 3.63) is 65.7 Å². The first-order valence-corrected chi connectivity index (χ1v) is 6.75. The van der Waals surface area contributed by atoms with E-state index in [2.05, 4.69) is 48.7 Å². The number of anilines is 1. The van der Waals surface area contributed by atoms with Gasteiger partial charge in [-0.1, -0.05) is 48.0 Å². The maximum atomic E-state index is 5.32. The molecule has 2 nitrogen and oxygen atoms in total. The van der Waals surface area contributed by atoms with Crippen molar-refractivity contribution in [2.24, 2.45) is 0 Å². The highest BCUT2D eigenvalue weighted by atomic mass is 32.1. The summed E-state index contributed by atoms with van der Waals surface area (Å²) in [5.74, 6) is 0. The summed E-state index contributed by atoms with van der Waals surface area (Å²) in [7, 11) is 0. The Hall–Kier alpha value is -1.87. The Morgan fingerprint density at radius 1 is 1.00 bits per heavy atom. The number of hydrogen-bond acceptors (Lipinski definition) is 1. The molecular formula is C16H18N2S. The number of para-hydroxylation sites is 1. The smallest absolute Gasteiger partial charge is 0.171 e. The maximum Gasteiger partial charge on any atom is 0.171 e. The highest BCUT2D eigenvalue weighted by Gasteiger charge is 2.06. The van der Waals surface area contributed by atoms with Gasteiger partial charge >= 0.3 is 0 Å². The molecule has 1 atom stereocenters. The zero-order valence-corrected chi connectivity index (χ0v) is 12.0. The number of aryl methyl sites for hydroxylation is 1. The van der Waals surface area contributed by atoms with Crippen LogP contribution in [0, 0.1) is 6.92 Å². The van der Waals surface area contributed by atoms with E-state index in [0.29, 0.717) is 5.11 Å². The van der Waals surface area contributed by atoms with E-state index in [4.69, 9.17) is 12.2 Å². The fourth-order valence-corrected chi connectivity index (χ4v) is 2.12. The van der Waals surface area contributed by atoms with Crippen LogP contribution in [0.4, 0.5) is 5.69 Å². The third kappa shape index (κ3) is 4.07. The number of rotatable bonds is 3. The van der Waals surface area contributed by atoms with E-state index in [9.17, 15) is 0 Å². The summed E-state index contributed by atoms with van der Waals surface area (Å²) in [5, 5.41) is 7.10. The molecule has 2 aromatic rings. The summed E-state index contributed by atoms with van der Waals surface area (Å²) in [6.07, 6.45) is 0. The van der Waals surface area contributed by atoms with E-state index < -0.39 is 0 Å². The summed E-state index contributed by atoms with van der Waals surface area (Å²) in [6, 6.07) is 18.6. The number of benzene rings is 2. The third-order valence-corrected chi connectivity index (χ3v) is 3.18. The molecule has 2 N–H and O–H groups in total. The van der Waals surface area contributed by atoms with Gasteiger partial charge in [0, 0.05) is 5.69 Å². The molecule has 0 saturated carbocycles. The number of nitrogens with one attached hydrogen (secondary N) is 2. The van der Waals surface area contributed by atoms with Crippen LogP contribution in [0.3, 0.4) is 0 Å². The van der Waals surface area contributed by atoms with Crippen LogP contribution in [0.25, 0.3) is 0 Å². The van der Waals surface area contributed by atoms with E-state index in [1.807, 2.05) is 30.3 Å². The predicted molar refractivity (Wildman–Crippen MR) is 85.4 cm³/mol. The van der Waals surface area contributed by atoms with Gasteiger partial charge in [0.05, 0.1) is 6.04 Å². The first-order chi connectivity index (χ1) is 9.15. The minimum absolute atomic E-state index is 0.185. The van der Waals surface area contributed by atoms with Gasteiger partial charge in [-0.05, 0) is 43.8 Å². The standard InChI is InChI=1S/C16H18N2S/c1-12-8-10-14(11-9-12)13(2)17-16(19)18-15-6-4-3-5-7-15/h3-11,13H,1-2H3,(H2,17,18,19)/t13-/m0/s1. The van der Waals surface area contributed by atoms with Crippen LogP contribution in [0.15, 0.2) is 54.6 Å². The van der Waals surface area contributed by atoms with Crippen LogP contribution in [0.2, 0.25) is 0 Å². The molecule has 0 saturated heterocycles. The van der Waals surface area contributed by atoms with Gasteiger partial charge in [0.25, 0.3) is 0 Å². The van der Waals surface area contributed by atoms with E-state index in [1.165, 1.54) is 11.1 Å². The topological polar surface area (TPSA) is 24.1 Å². The van der Waals surface area contributed by atoms with Gasteiger partial charge in [0.1, 0.15) is 0 Å². The SMILES string of the molecule is Cc1ccc([C@H](C)NC(=S)Nc2ccccc2)cc1. The fourth-order valence-electron chi connectivity index (χ4n) is 1.82. The second kappa shape index (κ2) is 6.34. The van der Waals surface area contributed by atoms with Gasteiger partial charge in [-0.15, -0.1) is 0 Å². The van der Waals surface area contributed by atoms with Gasteiger partial charge in [0.2, 0.25) is 0 Å². The lowest BCUT2D eigenvalue weighted by molar-refractivity contribution is 0.722. The molecule has 0 aliphatic rings. The lowest BCUT2D eigenvalue weighted by atomic mass is 10.1. The summed E-state index contributed by atoms with van der Waals surface area (Å²) >= 11 is 5.32. The van der Waals surface area contributed by atoms with Crippen LogP contribution in [0.5, 0.6) is 0 Å². The molecule has 0 aliphatic heterocycles. The molecule has 3 heteroatoms. The Labute approximate surface area is 119 Å². The van der Waals surface area contributed by atoms with E-state index in [-0.39, 0.29) is 6.04 Å². The molecule has 2 aromatic carbocycles. The zero-order valence-electron chi connectivity index (χ0n) is 11.2. The van der Waals surface area contributed by atoms with Crippen molar-refractivity contribution in [3.8, 4) is 0 Å². The Morgan fingerprint density at radius 3 is 2.26 bits per heavy atom. The monoisotopic (exact) mass is 270 g/mol. The van der Waals surface area contributed by atoms with Crippen molar-refractivity contribution in [1.29, 1.82) is 0 Å². The Kier molecular flexibility index (Phi) is 4.53. The van der Waals surface area contributed by atoms with Crippen LogP contribution in [-0.4, -0.2) is 5.11 Å². The molecule has 0 radical (unpaired) electrons. The Balaban J connectivity index is 1.93. The summed E-state index contributed by atoms with van der Waals surface area (Å²) in [6.45, 7) is 4.19. The molecule has 0 spiro atoms. The molecule has 0 bridgehead atoms. The van der Waals surface area contributed by atoms with Gasteiger partial charge < -0.3 is 10.6 Å². The van der Waals surface area contributed by atoms with Crippen molar-refractivity contribution < 1.29 is 0 Å². The normalized spacial score (nSPS) is 11.7. The van der Waals surface area contributed by atoms with Gasteiger partial charge in [-0.2, -0.15) is 0 Å². The second-order valence-electron chi connectivity index (χ2n) is 4.60. The van der Waals surface area contributed by atoms with E-state index in [0.717, 1.165) is 5.69 Å². The van der Waals surface area contributed by atoms with Crippen molar-refractivity contribution in [1.82, 2.24) is 5.32 Å². The lowest BCUT2D eigenvalue weighted by Gasteiger charge is -2.17. The van der Waals surface area contributed by atoms with Gasteiger partial charge in [-0.25, -0.2) is 0 Å². The van der Waals surface area contributed by atoms with Gasteiger partial charge in [-0.3, -0.25) is 0 Å². The van der Waals surface area contributed by atoms with Crippen molar-refractivity contribution in [2.45, 2.75) is 19.9 Å². The van der Waals surface area contributed by atoms with Crippen molar-refractivity contribution in [3.63, 3.8) is 0 Å². The lowest BCUT2D eigenvalue weighted by Crippen LogP contribution is -2.30. The average molecular weight is 270 g/mol. The fraction of sp³-hybridized carbons (Fsp3) is 0.188. The molecule has 0 aliphatic carbocycles.